The molecule has 0 bridgehead atoms. The number of aldehydes is 1. The van der Waals surface area contributed by atoms with Crippen LogP contribution in [-0.4, -0.2) is 73.0 Å². The van der Waals surface area contributed by atoms with Gasteiger partial charge in [0.15, 0.2) is 11.5 Å². The maximum atomic E-state index is 12.5. The molecule has 0 unspecified atom stereocenters. The quantitative estimate of drug-likeness (QED) is 0.233. The number of carbonyl (C=O) groups is 2. The summed E-state index contributed by atoms with van der Waals surface area (Å²) >= 11 is 0. The summed E-state index contributed by atoms with van der Waals surface area (Å²) in [7, 11) is 1.62. The van der Waals surface area contributed by atoms with Gasteiger partial charge in [-0.2, -0.15) is 0 Å². The van der Waals surface area contributed by atoms with Crippen LogP contribution in [0, 0.1) is 5.92 Å². The molecule has 0 spiro atoms. The van der Waals surface area contributed by atoms with Crippen molar-refractivity contribution in [1.82, 2.24) is 10.2 Å². The molecular weight excluding hydrogens is 500 g/mol. The molecule has 10 heteroatoms. The van der Waals surface area contributed by atoms with Crippen molar-refractivity contribution in [2.75, 3.05) is 33.4 Å². The molecule has 0 saturated heterocycles. The lowest BCUT2D eigenvalue weighted by molar-refractivity contribution is -0.130. The van der Waals surface area contributed by atoms with E-state index in [1.54, 1.807) is 44.1 Å². The van der Waals surface area contributed by atoms with Gasteiger partial charge in [0.25, 0.3) is 5.91 Å². The molecular formula is C29H42N4O6. The molecule has 1 amide bonds. The lowest BCUT2D eigenvalue weighted by Gasteiger charge is -2.29. The summed E-state index contributed by atoms with van der Waals surface area (Å²) in [5, 5.41) is 12.2. The van der Waals surface area contributed by atoms with Gasteiger partial charge in [0.1, 0.15) is 31.1 Å². The Balaban J connectivity index is 0.000000298. The number of aliphatic hydroxyl groups is 1. The molecule has 4 N–H and O–H groups in total. The molecule has 214 valence electrons. The summed E-state index contributed by atoms with van der Waals surface area (Å²) in [6.07, 6.45) is 12.5. The fraction of sp³-hybridized carbons (Fsp3) is 0.552. The maximum absolute atomic E-state index is 12.5. The molecule has 1 aromatic rings. The second-order valence-electron chi connectivity index (χ2n) is 10.6. The number of rotatable bonds is 10. The van der Waals surface area contributed by atoms with Gasteiger partial charge in [0, 0.05) is 25.9 Å². The lowest BCUT2D eigenvalue weighted by Crippen LogP contribution is -2.40. The minimum absolute atomic E-state index is 0.167. The average molecular weight is 543 g/mol. The van der Waals surface area contributed by atoms with E-state index in [0.717, 1.165) is 25.5 Å². The molecule has 0 aromatic heterocycles. The van der Waals surface area contributed by atoms with Crippen LogP contribution in [0.2, 0.25) is 0 Å². The number of ether oxygens (including phenoxy) is 3. The molecule has 39 heavy (non-hydrogen) atoms. The first-order valence-electron chi connectivity index (χ1n) is 13.6. The normalized spacial score (nSPS) is 18.8. The number of amidine groups is 1. The number of para-hydroxylation sites is 1. The summed E-state index contributed by atoms with van der Waals surface area (Å²) in [6, 6.07) is 5.06. The predicted octanol–water partition coefficient (Wildman–Crippen LogP) is 2.95. The third kappa shape index (κ3) is 9.62. The van der Waals surface area contributed by atoms with Crippen molar-refractivity contribution in [3.8, 4) is 17.2 Å². The number of fused-ring (bicyclic) bond motifs is 1. The lowest BCUT2D eigenvalue weighted by atomic mass is 9.85. The summed E-state index contributed by atoms with van der Waals surface area (Å²) in [6.45, 7) is 5.22. The average Bonchev–Trinajstić information content (AvgIpc) is 3.29. The van der Waals surface area contributed by atoms with Gasteiger partial charge in [-0.1, -0.05) is 38.2 Å². The van der Waals surface area contributed by atoms with Crippen LogP contribution in [0.1, 0.15) is 52.4 Å². The molecule has 4 rings (SSSR count). The number of nitrogens with two attached hydrogens (primary N) is 1. The molecule has 2 heterocycles. The first kappa shape index (κ1) is 30.0. The van der Waals surface area contributed by atoms with Crippen molar-refractivity contribution in [3.63, 3.8) is 0 Å². The van der Waals surface area contributed by atoms with Crippen LogP contribution in [0.5, 0.6) is 17.2 Å². The van der Waals surface area contributed by atoms with Crippen LogP contribution in [-0.2, 0) is 9.59 Å². The third-order valence-electron chi connectivity index (χ3n) is 6.69. The van der Waals surface area contributed by atoms with E-state index in [1.165, 1.54) is 25.3 Å². The van der Waals surface area contributed by atoms with Crippen molar-refractivity contribution in [1.29, 1.82) is 0 Å². The minimum atomic E-state index is -0.706. The molecule has 1 aliphatic carbocycles. The molecule has 1 fully saturated rings. The highest BCUT2D eigenvalue weighted by Crippen LogP contribution is 2.40. The van der Waals surface area contributed by atoms with Gasteiger partial charge in [0.05, 0.1) is 18.2 Å². The van der Waals surface area contributed by atoms with Gasteiger partial charge >= 0.3 is 0 Å². The van der Waals surface area contributed by atoms with Crippen LogP contribution in [0.3, 0.4) is 0 Å². The highest BCUT2D eigenvalue weighted by molar-refractivity contribution is 5.93. The molecule has 0 radical (unpaired) electrons. The molecule has 3 aliphatic rings. The maximum Gasteiger partial charge on any atom is 0.251 e. The summed E-state index contributed by atoms with van der Waals surface area (Å²) < 4.78 is 17.2. The van der Waals surface area contributed by atoms with Crippen LogP contribution in [0.15, 0.2) is 47.3 Å². The Labute approximate surface area is 230 Å². The predicted molar refractivity (Wildman–Crippen MR) is 150 cm³/mol. The molecule has 1 saturated carbocycles. The van der Waals surface area contributed by atoms with Crippen LogP contribution in [0.25, 0.3) is 0 Å². The van der Waals surface area contributed by atoms with Crippen molar-refractivity contribution in [3.05, 3.63) is 42.3 Å². The van der Waals surface area contributed by atoms with E-state index in [9.17, 15) is 14.7 Å². The van der Waals surface area contributed by atoms with Crippen molar-refractivity contribution in [2.45, 2.75) is 64.0 Å². The Kier molecular flexibility index (Phi) is 11.2. The Morgan fingerprint density at radius 3 is 2.72 bits per heavy atom. The minimum Gasteiger partial charge on any atom is -0.486 e. The van der Waals surface area contributed by atoms with Crippen LogP contribution >= 0.6 is 0 Å². The molecule has 1 atom stereocenters. The van der Waals surface area contributed by atoms with Crippen molar-refractivity contribution < 1.29 is 28.9 Å². The fourth-order valence-corrected chi connectivity index (χ4v) is 4.67. The van der Waals surface area contributed by atoms with Crippen molar-refractivity contribution in [2.24, 2.45) is 16.6 Å². The third-order valence-corrected chi connectivity index (χ3v) is 6.69. The first-order chi connectivity index (χ1) is 18.7. The largest absolute Gasteiger partial charge is 0.486 e. The Bertz CT molecular complexity index is 1060. The second kappa shape index (κ2) is 14.6. The van der Waals surface area contributed by atoms with Gasteiger partial charge in [-0.05, 0) is 44.4 Å². The smallest absolute Gasteiger partial charge is 0.251 e. The Morgan fingerprint density at radius 2 is 2.03 bits per heavy atom. The number of amides is 1. The Hall–Kier alpha value is -3.53. The number of nitrogens with one attached hydrogen (secondary N) is 1. The van der Waals surface area contributed by atoms with E-state index in [4.69, 9.17) is 19.9 Å². The topological polar surface area (TPSA) is 136 Å². The summed E-state index contributed by atoms with van der Waals surface area (Å²) in [5.74, 6) is 3.07. The van der Waals surface area contributed by atoms with E-state index >= 15 is 0 Å². The monoisotopic (exact) mass is 542 g/mol. The zero-order valence-electron chi connectivity index (χ0n) is 23.2. The van der Waals surface area contributed by atoms with Gasteiger partial charge in [-0.3, -0.25) is 9.79 Å². The summed E-state index contributed by atoms with van der Waals surface area (Å²) in [5.41, 5.74) is 4.68. The highest BCUT2D eigenvalue weighted by Gasteiger charge is 2.32. The van der Waals surface area contributed by atoms with Gasteiger partial charge in [-0.25, -0.2) is 0 Å². The number of aliphatic imine (C=N–C) groups is 1. The van der Waals surface area contributed by atoms with E-state index in [2.05, 4.69) is 10.3 Å². The molecule has 1 aromatic carbocycles. The van der Waals surface area contributed by atoms with E-state index < -0.39 is 5.60 Å². The zero-order valence-corrected chi connectivity index (χ0v) is 23.2. The van der Waals surface area contributed by atoms with Crippen molar-refractivity contribution >= 4 is 18.0 Å². The Morgan fingerprint density at radius 1 is 1.28 bits per heavy atom. The van der Waals surface area contributed by atoms with Gasteiger partial charge < -0.3 is 40.1 Å². The molecule has 2 aliphatic heterocycles. The number of hydrogen-bond donors (Lipinski definition) is 3. The fourth-order valence-electron chi connectivity index (χ4n) is 4.67. The number of carbonyl (C=O) groups excluding carboxylic acids is 2. The zero-order chi connectivity index (χ0) is 28.3. The first-order valence-corrected chi connectivity index (χ1v) is 13.6. The SMILES string of the molecule is CN=C(N)/C=C\NCC(C)(C)O.O=C[C@H](CC1CCCCC1)N1CC(Oc2cccc3c2OCCO3)=CC1=O. The number of hydrogen-bond acceptors (Lipinski definition) is 8. The van der Waals surface area contributed by atoms with Gasteiger partial charge in [0.2, 0.25) is 5.75 Å². The molecule has 10 nitrogen and oxygen atoms in total. The second-order valence-corrected chi connectivity index (χ2v) is 10.6. The van der Waals surface area contributed by atoms with E-state index in [0.29, 0.717) is 61.1 Å². The highest BCUT2D eigenvalue weighted by atomic mass is 16.6. The van der Waals surface area contributed by atoms with E-state index in [1.807, 2.05) is 12.1 Å². The van der Waals surface area contributed by atoms with Gasteiger partial charge in [-0.15, -0.1) is 0 Å². The number of nitrogens with zero attached hydrogens (tertiary/aromatic N) is 2. The number of benzene rings is 1. The standard InChI is InChI=1S/C21H25NO5.C8H17N3O/c23-14-16(11-15-5-2-1-3-6-15)22-13-17(12-20(22)24)27-19-8-4-7-18-21(19)26-10-9-25-18;1-8(2,12)6-11-5-4-7(9)10-3/h4,7-8,12,14-16H,1-3,5-6,9-11,13H2;4-5,11-12H,6H2,1-3H3,(H2,9,10)/b;5-4-/t16-;/m0./s1. The van der Waals surface area contributed by atoms with Crippen LogP contribution in [0.4, 0.5) is 0 Å². The summed E-state index contributed by atoms with van der Waals surface area (Å²) in [4.78, 5) is 29.5. The van der Waals surface area contributed by atoms with Crippen LogP contribution < -0.4 is 25.3 Å². The van der Waals surface area contributed by atoms with E-state index in [-0.39, 0.29) is 11.9 Å².